The lowest BCUT2D eigenvalue weighted by Gasteiger charge is -2.01. The highest BCUT2D eigenvalue weighted by Crippen LogP contribution is 2.27. The van der Waals surface area contributed by atoms with Crippen LogP contribution in [0.5, 0.6) is 0 Å². The SMILES string of the molecule is CCn1cc(C(=O)Nc2nc(-c3ccccc3C)cs2)cn1. The molecule has 112 valence electrons. The number of anilines is 1. The summed E-state index contributed by atoms with van der Waals surface area (Å²) in [5, 5.41) is 9.46. The molecule has 1 aromatic carbocycles. The van der Waals surface area contributed by atoms with E-state index in [4.69, 9.17) is 0 Å². The van der Waals surface area contributed by atoms with Crippen LogP contribution in [-0.2, 0) is 6.54 Å². The van der Waals surface area contributed by atoms with Gasteiger partial charge in [-0.05, 0) is 19.4 Å². The second kappa shape index (κ2) is 6.11. The standard InChI is InChI=1S/C16H16N4OS/c1-3-20-9-12(8-17-20)15(21)19-16-18-14(10-22-16)13-7-5-4-6-11(13)2/h4-10H,3H2,1-2H3,(H,18,19,21). The number of aromatic nitrogens is 3. The molecule has 0 aliphatic rings. The highest BCUT2D eigenvalue weighted by Gasteiger charge is 2.12. The number of nitrogens with one attached hydrogen (secondary N) is 1. The van der Waals surface area contributed by atoms with Gasteiger partial charge in [0.05, 0.1) is 17.5 Å². The highest BCUT2D eigenvalue weighted by atomic mass is 32.1. The van der Waals surface area contributed by atoms with Crippen molar-refractivity contribution in [2.45, 2.75) is 20.4 Å². The Morgan fingerprint density at radius 3 is 2.91 bits per heavy atom. The van der Waals surface area contributed by atoms with Gasteiger partial charge in [0.15, 0.2) is 5.13 Å². The van der Waals surface area contributed by atoms with Gasteiger partial charge in [0.1, 0.15) is 0 Å². The number of carbonyl (C=O) groups excluding carboxylic acids is 1. The minimum absolute atomic E-state index is 0.189. The minimum atomic E-state index is -0.189. The number of thiazole rings is 1. The zero-order valence-corrected chi connectivity index (χ0v) is 13.2. The van der Waals surface area contributed by atoms with Crippen LogP contribution in [0.1, 0.15) is 22.8 Å². The average molecular weight is 312 g/mol. The van der Waals surface area contributed by atoms with Crippen molar-refractivity contribution in [3.8, 4) is 11.3 Å². The normalized spacial score (nSPS) is 10.6. The number of carbonyl (C=O) groups is 1. The van der Waals surface area contributed by atoms with Crippen molar-refractivity contribution in [2.75, 3.05) is 5.32 Å². The predicted octanol–water partition coefficient (Wildman–Crippen LogP) is 3.59. The van der Waals surface area contributed by atoms with Gasteiger partial charge in [-0.3, -0.25) is 14.8 Å². The topological polar surface area (TPSA) is 59.8 Å². The van der Waals surface area contributed by atoms with E-state index < -0.39 is 0 Å². The summed E-state index contributed by atoms with van der Waals surface area (Å²) in [5.41, 5.74) is 3.66. The highest BCUT2D eigenvalue weighted by molar-refractivity contribution is 7.14. The van der Waals surface area contributed by atoms with Crippen LogP contribution in [0, 0.1) is 6.92 Å². The zero-order chi connectivity index (χ0) is 15.5. The number of hydrogen-bond donors (Lipinski definition) is 1. The molecule has 0 radical (unpaired) electrons. The van der Waals surface area contributed by atoms with Crippen LogP contribution < -0.4 is 5.32 Å². The number of benzene rings is 1. The first-order valence-corrected chi connectivity index (χ1v) is 7.90. The van der Waals surface area contributed by atoms with Gasteiger partial charge in [0.25, 0.3) is 5.91 Å². The number of hydrogen-bond acceptors (Lipinski definition) is 4. The van der Waals surface area contributed by atoms with E-state index in [1.165, 1.54) is 11.3 Å². The summed E-state index contributed by atoms with van der Waals surface area (Å²) in [5.74, 6) is -0.189. The molecule has 0 aliphatic carbocycles. The Hall–Kier alpha value is -2.47. The van der Waals surface area contributed by atoms with Gasteiger partial charge in [-0.1, -0.05) is 24.3 Å². The zero-order valence-electron chi connectivity index (χ0n) is 12.4. The van der Waals surface area contributed by atoms with E-state index in [2.05, 4.69) is 15.4 Å². The molecule has 0 atom stereocenters. The predicted molar refractivity (Wildman–Crippen MR) is 88.1 cm³/mol. The molecule has 0 spiro atoms. The van der Waals surface area contributed by atoms with Gasteiger partial charge in [-0.15, -0.1) is 11.3 Å². The molecule has 1 N–H and O–H groups in total. The molecule has 0 unspecified atom stereocenters. The van der Waals surface area contributed by atoms with Crippen molar-refractivity contribution in [1.29, 1.82) is 0 Å². The number of rotatable bonds is 4. The first kappa shape index (κ1) is 14.5. The minimum Gasteiger partial charge on any atom is -0.298 e. The molecule has 0 fully saturated rings. The number of amides is 1. The van der Waals surface area contributed by atoms with E-state index >= 15 is 0 Å². The second-order valence-corrected chi connectivity index (χ2v) is 5.75. The molecule has 2 heterocycles. The van der Waals surface area contributed by atoms with Gasteiger partial charge in [0, 0.05) is 23.7 Å². The summed E-state index contributed by atoms with van der Waals surface area (Å²) in [6.45, 7) is 4.76. The van der Waals surface area contributed by atoms with Crippen LogP contribution in [0.25, 0.3) is 11.3 Å². The Bertz CT molecular complexity index is 806. The van der Waals surface area contributed by atoms with Crippen molar-refractivity contribution in [2.24, 2.45) is 0 Å². The van der Waals surface area contributed by atoms with Crippen molar-refractivity contribution in [1.82, 2.24) is 14.8 Å². The lowest BCUT2D eigenvalue weighted by atomic mass is 10.1. The Morgan fingerprint density at radius 2 is 2.18 bits per heavy atom. The molecule has 0 saturated carbocycles. The van der Waals surface area contributed by atoms with Crippen LogP contribution >= 0.6 is 11.3 Å². The fourth-order valence-corrected chi connectivity index (χ4v) is 2.84. The summed E-state index contributed by atoms with van der Waals surface area (Å²) >= 11 is 1.42. The Labute approximate surface area is 132 Å². The maximum absolute atomic E-state index is 12.2. The van der Waals surface area contributed by atoms with E-state index in [0.29, 0.717) is 10.7 Å². The molecule has 6 heteroatoms. The fourth-order valence-electron chi connectivity index (χ4n) is 2.14. The summed E-state index contributed by atoms with van der Waals surface area (Å²) in [7, 11) is 0. The third-order valence-electron chi connectivity index (χ3n) is 3.37. The average Bonchev–Trinajstić information content (AvgIpc) is 3.16. The summed E-state index contributed by atoms with van der Waals surface area (Å²) < 4.78 is 1.72. The molecule has 2 aromatic heterocycles. The third-order valence-corrected chi connectivity index (χ3v) is 4.12. The molecule has 5 nitrogen and oxygen atoms in total. The molecule has 0 saturated heterocycles. The van der Waals surface area contributed by atoms with Crippen molar-refractivity contribution in [3.05, 3.63) is 53.2 Å². The van der Waals surface area contributed by atoms with Crippen molar-refractivity contribution < 1.29 is 4.79 Å². The van der Waals surface area contributed by atoms with E-state index in [-0.39, 0.29) is 5.91 Å². The van der Waals surface area contributed by atoms with Crippen LogP contribution in [0.2, 0.25) is 0 Å². The summed E-state index contributed by atoms with van der Waals surface area (Å²) in [6.07, 6.45) is 3.29. The summed E-state index contributed by atoms with van der Waals surface area (Å²) in [6, 6.07) is 8.06. The Morgan fingerprint density at radius 1 is 1.36 bits per heavy atom. The first-order valence-electron chi connectivity index (χ1n) is 7.02. The van der Waals surface area contributed by atoms with Gasteiger partial charge in [-0.25, -0.2) is 4.98 Å². The van der Waals surface area contributed by atoms with E-state index in [0.717, 1.165) is 23.4 Å². The lowest BCUT2D eigenvalue weighted by molar-refractivity contribution is 0.102. The third kappa shape index (κ3) is 2.92. The number of nitrogens with zero attached hydrogens (tertiary/aromatic N) is 3. The second-order valence-electron chi connectivity index (χ2n) is 4.89. The molecule has 22 heavy (non-hydrogen) atoms. The quantitative estimate of drug-likeness (QED) is 0.801. The van der Waals surface area contributed by atoms with Crippen molar-refractivity contribution >= 4 is 22.4 Å². The molecule has 3 aromatic rings. The van der Waals surface area contributed by atoms with Crippen LogP contribution in [0.4, 0.5) is 5.13 Å². The maximum Gasteiger partial charge on any atom is 0.260 e. The van der Waals surface area contributed by atoms with Crippen LogP contribution in [0.15, 0.2) is 42.0 Å². The molecule has 1 amide bonds. The largest absolute Gasteiger partial charge is 0.298 e. The van der Waals surface area contributed by atoms with Gasteiger partial charge in [0.2, 0.25) is 0 Å². The Balaban J connectivity index is 1.77. The van der Waals surface area contributed by atoms with Crippen LogP contribution in [-0.4, -0.2) is 20.7 Å². The van der Waals surface area contributed by atoms with Gasteiger partial charge in [-0.2, -0.15) is 5.10 Å². The lowest BCUT2D eigenvalue weighted by Crippen LogP contribution is -2.10. The first-order chi connectivity index (χ1) is 10.7. The molecule has 0 bridgehead atoms. The van der Waals surface area contributed by atoms with E-state index in [1.54, 1.807) is 17.1 Å². The van der Waals surface area contributed by atoms with Gasteiger partial charge < -0.3 is 0 Å². The van der Waals surface area contributed by atoms with Crippen molar-refractivity contribution in [3.63, 3.8) is 0 Å². The van der Waals surface area contributed by atoms with E-state index in [9.17, 15) is 4.79 Å². The molecule has 3 rings (SSSR count). The number of aryl methyl sites for hydroxylation is 2. The van der Waals surface area contributed by atoms with Gasteiger partial charge >= 0.3 is 0 Å². The Kier molecular flexibility index (Phi) is 4.02. The summed E-state index contributed by atoms with van der Waals surface area (Å²) in [4.78, 5) is 16.7. The van der Waals surface area contributed by atoms with E-state index in [1.807, 2.05) is 43.5 Å². The smallest absolute Gasteiger partial charge is 0.260 e. The molecular formula is C16H16N4OS. The maximum atomic E-state index is 12.2. The molecule has 0 aliphatic heterocycles. The van der Waals surface area contributed by atoms with Crippen LogP contribution in [0.3, 0.4) is 0 Å². The molecular weight excluding hydrogens is 296 g/mol. The fraction of sp³-hybridized carbons (Fsp3) is 0.188. The monoisotopic (exact) mass is 312 g/mol.